The second kappa shape index (κ2) is 9.32. The van der Waals surface area contributed by atoms with Crippen molar-refractivity contribution in [3.05, 3.63) is 33.5 Å². The summed E-state index contributed by atoms with van der Waals surface area (Å²) in [5.74, 6) is 0.475. The maximum Gasteiger partial charge on any atom is 0.341 e. The zero-order chi connectivity index (χ0) is 21.1. The number of carbonyl (C=O) groups excluding carboxylic acids is 2. The van der Waals surface area contributed by atoms with Gasteiger partial charge < -0.3 is 14.6 Å². The molecule has 0 unspecified atom stereocenters. The molecule has 0 aromatic carbocycles. The maximum absolute atomic E-state index is 12.6. The van der Waals surface area contributed by atoms with Crippen LogP contribution in [0.1, 0.15) is 41.1 Å². The van der Waals surface area contributed by atoms with Crippen molar-refractivity contribution in [1.29, 1.82) is 0 Å². The van der Waals surface area contributed by atoms with Crippen LogP contribution in [0.15, 0.2) is 22.7 Å². The minimum absolute atomic E-state index is 0.172. The topological polar surface area (TPSA) is 86.1 Å². The van der Waals surface area contributed by atoms with E-state index in [1.807, 2.05) is 29.0 Å². The fraction of sp³-hybridized carbons (Fsp3) is 0.400. The quantitative estimate of drug-likeness (QED) is 0.392. The van der Waals surface area contributed by atoms with Crippen molar-refractivity contribution in [3.8, 4) is 10.7 Å². The minimum atomic E-state index is -0.355. The zero-order valence-corrected chi connectivity index (χ0v) is 19.2. The molecule has 0 saturated heterocycles. The van der Waals surface area contributed by atoms with Gasteiger partial charge in [-0.3, -0.25) is 4.79 Å². The highest BCUT2D eigenvalue weighted by atomic mass is 32.2. The first-order valence-electron chi connectivity index (χ1n) is 9.83. The SMILES string of the molecule is CCOC(=O)c1c(NC(=O)CSc2nnc(-c3cccs3)n2CC)sc2c1CCC2. The van der Waals surface area contributed by atoms with E-state index in [1.165, 1.54) is 28.0 Å². The molecule has 7 nitrogen and oxygen atoms in total. The van der Waals surface area contributed by atoms with Gasteiger partial charge in [0.05, 0.1) is 22.8 Å². The Labute approximate surface area is 186 Å². The molecule has 3 aromatic rings. The van der Waals surface area contributed by atoms with Gasteiger partial charge in [0.2, 0.25) is 5.91 Å². The average molecular weight is 463 g/mol. The van der Waals surface area contributed by atoms with Crippen molar-refractivity contribution in [2.75, 3.05) is 17.7 Å². The molecule has 0 saturated carbocycles. The number of thioether (sulfide) groups is 1. The van der Waals surface area contributed by atoms with Crippen molar-refractivity contribution in [3.63, 3.8) is 0 Å². The number of hydrogen-bond donors (Lipinski definition) is 1. The number of nitrogens with one attached hydrogen (secondary N) is 1. The summed E-state index contributed by atoms with van der Waals surface area (Å²) in [7, 11) is 0. The van der Waals surface area contributed by atoms with Crippen molar-refractivity contribution < 1.29 is 14.3 Å². The van der Waals surface area contributed by atoms with E-state index in [4.69, 9.17) is 4.74 Å². The molecule has 1 N–H and O–H groups in total. The van der Waals surface area contributed by atoms with E-state index in [1.54, 1.807) is 18.3 Å². The summed E-state index contributed by atoms with van der Waals surface area (Å²) in [5.41, 5.74) is 1.57. The first-order valence-corrected chi connectivity index (χ1v) is 12.5. The number of thiophene rings is 2. The maximum atomic E-state index is 12.6. The molecule has 0 bridgehead atoms. The van der Waals surface area contributed by atoms with Gasteiger partial charge in [0.25, 0.3) is 0 Å². The first kappa shape index (κ1) is 21.1. The summed E-state index contributed by atoms with van der Waals surface area (Å²) in [5, 5.41) is 14.8. The van der Waals surface area contributed by atoms with E-state index in [0.717, 1.165) is 42.1 Å². The molecule has 4 rings (SSSR count). The molecule has 3 heterocycles. The summed E-state index contributed by atoms with van der Waals surface area (Å²) < 4.78 is 7.23. The molecule has 1 aliphatic carbocycles. The number of esters is 1. The van der Waals surface area contributed by atoms with Gasteiger partial charge in [-0.25, -0.2) is 4.79 Å². The van der Waals surface area contributed by atoms with Crippen LogP contribution < -0.4 is 5.32 Å². The van der Waals surface area contributed by atoms with Crippen LogP contribution in [0.25, 0.3) is 10.7 Å². The summed E-state index contributed by atoms with van der Waals surface area (Å²) >= 11 is 4.44. The van der Waals surface area contributed by atoms with E-state index in [2.05, 4.69) is 15.5 Å². The largest absolute Gasteiger partial charge is 0.462 e. The number of rotatable bonds is 8. The second-order valence-corrected chi connectivity index (χ2v) is 9.64. The minimum Gasteiger partial charge on any atom is -0.462 e. The Morgan fingerprint density at radius 3 is 2.90 bits per heavy atom. The van der Waals surface area contributed by atoms with Crippen LogP contribution in [0.3, 0.4) is 0 Å². The Balaban J connectivity index is 1.46. The van der Waals surface area contributed by atoms with Gasteiger partial charge >= 0.3 is 5.97 Å². The van der Waals surface area contributed by atoms with Gasteiger partial charge in [-0.1, -0.05) is 17.8 Å². The monoisotopic (exact) mass is 462 g/mol. The lowest BCUT2D eigenvalue weighted by atomic mass is 10.1. The molecule has 158 valence electrons. The van der Waals surface area contributed by atoms with Crippen molar-refractivity contribution in [2.24, 2.45) is 0 Å². The third kappa shape index (κ3) is 4.17. The number of nitrogens with zero attached hydrogens (tertiary/aromatic N) is 3. The highest BCUT2D eigenvalue weighted by molar-refractivity contribution is 7.99. The van der Waals surface area contributed by atoms with E-state index in [0.29, 0.717) is 22.3 Å². The van der Waals surface area contributed by atoms with Crippen LogP contribution in [0.2, 0.25) is 0 Å². The molecule has 1 amide bonds. The van der Waals surface area contributed by atoms with Gasteiger partial charge in [-0.05, 0) is 50.1 Å². The van der Waals surface area contributed by atoms with Gasteiger partial charge in [0.15, 0.2) is 11.0 Å². The zero-order valence-electron chi connectivity index (χ0n) is 16.8. The summed E-state index contributed by atoms with van der Waals surface area (Å²) in [6, 6.07) is 3.99. The number of amides is 1. The van der Waals surface area contributed by atoms with Gasteiger partial charge in [-0.2, -0.15) is 0 Å². The lowest BCUT2D eigenvalue weighted by Crippen LogP contribution is -2.17. The molecular weight excluding hydrogens is 440 g/mol. The van der Waals surface area contributed by atoms with Crippen molar-refractivity contribution in [1.82, 2.24) is 14.8 Å². The Morgan fingerprint density at radius 2 is 2.17 bits per heavy atom. The fourth-order valence-electron chi connectivity index (χ4n) is 3.47. The predicted octanol–water partition coefficient (Wildman–Crippen LogP) is 4.48. The Kier molecular flexibility index (Phi) is 6.55. The van der Waals surface area contributed by atoms with Crippen LogP contribution >= 0.6 is 34.4 Å². The number of anilines is 1. The Morgan fingerprint density at radius 1 is 1.30 bits per heavy atom. The molecule has 1 aliphatic rings. The summed E-state index contributed by atoms with van der Waals surface area (Å²) in [6.07, 6.45) is 2.84. The molecular formula is C20H22N4O3S3. The number of aryl methyl sites for hydroxylation is 1. The van der Waals surface area contributed by atoms with Crippen LogP contribution in [0.5, 0.6) is 0 Å². The van der Waals surface area contributed by atoms with E-state index in [9.17, 15) is 9.59 Å². The molecule has 0 atom stereocenters. The van der Waals surface area contributed by atoms with Gasteiger partial charge in [0, 0.05) is 11.4 Å². The Bertz CT molecular complexity index is 1060. The van der Waals surface area contributed by atoms with Crippen molar-refractivity contribution in [2.45, 2.75) is 44.8 Å². The highest BCUT2D eigenvalue weighted by Gasteiger charge is 2.28. The standard InChI is InChI=1S/C20H22N4O3S3/c1-3-24-17(14-9-6-10-28-14)22-23-20(24)29-11-15(25)21-18-16(19(26)27-4-2)12-7-5-8-13(12)30-18/h6,9-10H,3-5,7-8,11H2,1-2H3,(H,21,25). The van der Waals surface area contributed by atoms with E-state index in [-0.39, 0.29) is 17.6 Å². The lowest BCUT2D eigenvalue weighted by Gasteiger charge is -2.08. The highest BCUT2D eigenvalue weighted by Crippen LogP contribution is 2.39. The smallest absolute Gasteiger partial charge is 0.341 e. The fourth-order valence-corrected chi connectivity index (χ4v) is 6.29. The van der Waals surface area contributed by atoms with Crippen LogP contribution in [0, 0.1) is 0 Å². The van der Waals surface area contributed by atoms with E-state index >= 15 is 0 Å². The predicted molar refractivity (Wildman–Crippen MR) is 121 cm³/mol. The molecule has 0 radical (unpaired) electrons. The van der Waals surface area contributed by atoms with E-state index < -0.39 is 0 Å². The number of hydrogen-bond acceptors (Lipinski definition) is 8. The third-order valence-electron chi connectivity index (χ3n) is 4.76. The average Bonchev–Trinajstić information content (AvgIpc) is 3.49. The number of aromatic nitrogens is 3. The molecule has 0 fully saturated rings. The normalized spacial score (nSPS) is 12.7. The van der Waals surface area contributed by atoms with Crippen LogP contribution in [-0.2, 0) is 28.9 Å². The molecule has 0 aliphatic heterocycles. The van der Waals surface area contributed by atoms with Gasteiger partial charge in [0.1, 0.15) is 5.00 Å². The molecule has 0 spiro atoms. The molecule has 10 heteroatoms. The summed E-state index contributed by atoms with van der Waals surface area (Å²) in [4.78, 5) is 27.3. The summed E-state index contributed by atoms with van der Waals surface area (Å²) in [6.45, 7) is 4.85. The Hall–Kier alpha value is -2.17. The lowest BCUT2D eigenvalue weighted by molar-refractivity contribution is -0.113. The van der Waals surface area contributed by atoms with Gasteiger partial charge in [-0.15, -0.1) is 32.9 Å². The first-order chi connectivity index (χ1) is 14.6. The molecule has 30 heavy (non-hydrogen) atoms. The number of fused-ring (bicyclic) bond motifs is 1. The van der Waals surface area contributed by atoms with Crippen LogP contribution in [0.4, 0.5) is 5.00 Å². The van der Waals surface area contributed by atoms with Crippen LogP contribution in [-0.4, -0.2) is 39.0 Å². The van der Waals surface area contributed by atoms with Crippen molar-refractivity contribution >= 4 is 51.3 Å². The number of carbonyl (C=O) groups is 2. The number of ether oxygens (including phenoxy) is 1. The molecule has 3 aromatic heterocycles. The second-order valence-electron chi connectivity index (χ2n) is 6.65. The third-order valence-corrected chi connectivity index (χ3v) is 7.80.